The van der Waals surface area contributed by atoms with Gasteiger partial charge in [-0.15, -0.1) is 0 Å². The lowest BCUT2D eigenvalue weighted by atomic mass is 9.95. The zero-order chi connectivity index (χ0) is 17.6. The van der Waals surface area contributed by atoms with Gasteiger partial charge in [-0.25, -0.2) is 0 Å². The quantitative estimate of drug-likeness (QED) is 0.810. The van der Waals surface area contributed by atoms with Crippen molar-refractivity contribution in [1.82, 2.24) is 15.1 Å². The first-order valence-corrected chi connectivity index (χ1v) is 10.0. The Bertz CT molecular complexity index is 449. The smallest absolute Gasteiger partial charge is 0.251 e. The molecule has 0 aromatic rings. The van der Waals surface area contributed by atoms with Crippen LogP contribution in [0.3, 0.4) is 0 Å². The number of rotatable bonds is 5. The molecule has 3 rings (SSSR count). The van der Waals surface area contributed by atoms with Crippen LogP contribution in [0.4, 0.5) is 0 Å². The van der Waals surface area contributed by atoms with E-state index >= 15 is 0 Å². The number of likely N-dealkylation sites (tertiary alicyclic amines) is 2. The summed E-state index contributed by atoms with van der Waals surface area (Å²) in [7, 11) is 0. The number of ether oxygens (including phenoxy) is 1. The van der Waals surface area contributed by atoms with E-state index in [1.54, 1.807) is 0 Å². The largest absolute Gasteiger partial charge is 0.368 e. The van der Waals surface area contributed by atoms with Crippen LogP contribution in [0.15, 0.2) is 0 Å². The Labute approximate surface area is 151 Å². The van der Waals surface area contributed by atoms with Gasteiger partial charge in [0.1, 0.15) is 6.10 Å². The fourth-order valence-electron chi connectivity index (χ4n) is 4.11. The maximum Gasteiger partial charge on any atom is 0.251 e. The molecule has 6 heteroatoms. The van der Waals surface area contributed by atoms with Crippen LogP contribution in [0.2, 0.25) is 0 Å². The number of hydrogen-bond acceptors (Lipinski definition) is 4. The Kier molecular flexibility index (Phi) is 6.70. The molecule has 2 amide bonds. The minimum atomic E-state index is -0.238. The van der Waals surface area contributed by atoms with E-state index in [0.717, 1.165) is 57.8 Å². The van der Waals surface area contributed by atoms with E-state index < -0.39 is 0 Å². The number of piperidine rings is 2. The minimum Gasteiger partial charge on any atom is -0.368 e. The molecule has 3 aliphatic heterocycles. The van der Waals surface area contributed by atoms with Gasteiger partial charge in [0.15, 0.2) is 0 Å². The van der Waals surface area contributed by atoms with Gasteiger partial charge in [-0.3, -0.25) is 9.59 Å². The van der Waals surface area contributed by atoms with Crippen LogP contribution in [0.5, 0.6) is 0 Å². The molecule has 0 bridgehead atoms. The van der Waals surface area contributed by atoms with Gasteiger partial charge in [0.2, 0.25) is 5.91 Å². The third kappa shape index (κ3) is 5.17. The summed E-state index contributed by atoms with van der Waals surface area (Å²) in [6, 6.07) is 0. The fourth-order valence-corrected chi connectivity index (χ4v) is 4.11. The molecular formula is C19H33N3O3. The highest BCUT2D eigenvalue weighted by Gasteiger charge is 2.32. The SMILES string of the molecule is CC1CCN(CCNC(=O)C2CCN(C(=O)C3CCCO3)CC2)CC1. The number of hydrogen-bond donors (Lipinski definition) is 1. The molecule has 0 radical (unpaired) electrons. The molecule has 3 fully saturated rings. The van der Waals surface area contributed by atoms with Crippen LogP contribution in [0.25, 0.3) is 0 Å². The Morgan fingerprint density at radius 1 is 1.04 bits per heavy atom. The van der Waals surface area contributed by atoms with E-state index in [9.17, 15) is 9.59 Å². The monoisotopic (exact) mass is 351 g/mol. The second-order valence-electron chi connectivity index (χ2n) is 7.92. The van der Waals surface area contributed by atoms with Crippen LogP contribution in [-0.2, 0) is 14.3 Å². The van der Waals surface area contributed by atoms with Crippen molar-refractivity contribution >= 4 is 11.8 Å². The van der Waals surface area contributed by atoms with Crippen molar-refractivity contribution < 1.29 is 14.3 Å². The van der Waals surface area contributed by atoms with Crippen LogP contribution >= 0.6 is 0 Å². The van der Waals surface area contributed by atoms with Crippen molar-refractivity contribution in [2.24, 2.45) is 11.8 Å². The van der Waals surface area contributed by atoms with Gasteiger partial charge in [-0.1, -0.05) is 6.92 Å². The summed E-state index contributed by atoms with van der Waals surface area (Å²) in [4.78, 5) is 29.0. The van der Waals surface area contributed by atoms with E-state index in [2.05, 4.69) is 17.1 Å². The highest BCUT2D eigenvalue weighted by Crippen LogP contribution is 2.21. The minimum absolute atomic E-state index is 0.0509. The number of carbonyl (C=O) groups excluding carboxylic acids is 2. The Morgan fingerprint density at radius 3 is 2.40 bits per heavy atom. The van der Waals surface area contributed by atoms with E-state index in [4.69, 9.17) is 4.74 Å². The molecule has 0 aliphatic carbocycles. The van der Waals surface area contributed by atoms with Gasteiger partial charge in [0.05, 0.1) is 0 Å². The maximum atomic E-state index is 12.4. The van der Waals surface area contributed by atoms with E-state index in [1.807, 2.05) is 4.90 Å². The normalized spacial score (nSPS) is 26.8. The van der Waals surface area contributed by atoms with E-state index in [0.29, 0.717) is 19.7 Å². The summed E-state index contributed by atoms with van der Waals surface area (Å²) < 4.78 is 5.48. The molecule has 3 heterocycles. The second kappa shape index (κ2) is 8.99. The lowest BCUT2D eigenvalue weighted by Gasteiger charge is -2.33. The average Bonchev–Trinajstić information content (AvgIpc) is 3.17. The number of amides is 2. The lowest BCUT2D eigenvalue weighted by molar-refractivity contribution is -0.143. The van der Waals surface area contributed by atoms with Gasteiger partial charge in [-0.2, -0.15) is 0 Å². The summed E-state index contributed by atoms with van der Waals surface area (Å²) >= 11 is 0. The van der Waals surface area contributed by atoms with Crippen molar-refractivity contribution in [3.8, 4) is 0 Å². The average molecular weight is 351 g/mol. The van der Waals surface area contributed by atoms with Crippen LogP contribution in [0.1, 0.15) is 45.4 Å². The van der Waals surface area contributed by atoms with Gasteiger partial charge in [0, 0.05) is 38.7 Å². The first-order chi connectivity index (χ1) is 12.1. The Morgan fingerprint density at radius 2 is 1.76 bits per heavy atom. The first-order valence-electron chi connectivity index (χ1n) is 10.0. The predicted molar refractivity (Wildman–Crippen MR) is 96.1 cm³/mol. The van der Waals surface area contributed by atoms with Crippen molar-refractivity contribution in [2.75, 3.05) is 45.9 Å². The van der Waals surface area contributed by atoms with Crippen LogP contribution < -0.4 is 5.32 Å². The number of nitrogens with zero attached hydrogens (tertiary/aromatic N) is 2. The molecule has 142 valence electrons. The molecule has 0 spiro atoms. The summed E-state index contributed by atoms with van der Waals surface area (Å²) in [6.45, 7) is 8.38. The molecule has 25 heavy (non-hydrogen) atoms. The van der Waals surface area contributed by atoms with Crippen LogP contribution in [-0.4, -0.2) is 73.6 Å². The molecule has 1 atom stereocenters. The fraction of sp³-hybridized carbons (Fsp3) is 0.895. The zero-order valence-electron chi connectivity index (χ0n) is 15.5. The van der Waals surface area contributed by atoms with Gasteiger partial charge < -0.3 is 19.9 Å². The van der Waals surface area contributed by atoms with Crippen LogP contribution in [0, 0.1) is 11.8 Å². The molecule has 0 aromatic carbocycles. The third-order valence-corrected chi connectivity index (χ3v) is 5.99. The highest BCUT2D eigenvalue weighted by atomic mass is 16.5. The molecular weight excluding hydrogens is 318 g/mol. The maximum absolute atomic E-state index is 12.4. The van der Waals surface area contributed by atoms with E-state index in [1.165, 1.54) is 12.8 Å². The van der Waals surface area contributed by atoms with E-state index in [-0.39, 0.29) is 23.8 Å². The molecule has 0 saturated carbocycles. The second-order valence-corrected chi connectivity index (χ2v) is 7.92. The summed E-state index contributed by atoms with van der Waals surface area (Å²) in [5.41, 5.74) is 0. The predicted octanol–water partition coefficient (Wildman–Crippen LogP) is 1.25. The molecule has 1 N–H and O–H groups in total. The van der Waals surface area contributed by atoms with Gasteiger partial charge in [0.25, 0.3) is 5.91 Å². The third-order valence-electron chi connectivity index (χ3n) is 5.99. The topological polar surface area (TPSA) is 61.9 Å². The first kappa shape index (κ1) is 18.6. The van der Waals surface area contributed by atoms with Crippen molar-refractivity contribution in [2.45, 2.75) is 51.6 Å². The number of nitrogens with one attached hydrogen (secondary N) is 1. The molecule has 0 aromatic heterocycles. The Hall–Kier alpha value is -1.14. The lowest BCUT2D eigenvalue weighted by Crippen LogP contribution is -2.47. The summed E-state index contributed by atoms with van der Waals surface area (Å²) in [6.07, 6.45) is 5.66. The summed E-state index contributed by atoms with van der Waals surface area (Å²) in [5.74, 6) is 1.17. The Balaban J connectivity index is 1.32. The molecule has 3 saturated heterocycles. The number of carbonyl (C=O) groups is 2. The standard InChI is InChI=1S/C19H33N3O3/c1-15-4-9-21(10-5-15)13-8-20-18(23)16-6-11-22(12-7-16)19(24)17-3-2-14-25-17/h15-17H,2-14H2,1H3,(H,20,23). The molecule has 1 unspecified atom stereocenters. The van der Waals surface area contributed by atoms with Crippen molar-refractivity contribution in [3.63, 3.8) is 0 Å². The summed E-state index contributed by atoms with van der Waals surface area (Å²) in [5, 5.41) is 3.10. The van der Waals surface area contributed by atoms with Gasteiger partial charge in [-0.05, 0) is 57.5 Å². The van der Waals surface area contributed by atoms with Crippen molar-refractivity contribution in [1.29, 1.82) is 0 Å². The highest BCUT2D eigenvalue weighted by molar-refractivity contribution is 5.82. The molecule has 3 aliphatic rings. The van der Waals surface area contributed by atoms with Gasteiger partial charge >= 0.3 is 0 Å². The zero-order valence-corrected chi connectivity index (χ0v) is 15.5. The molecule has 6 nitrogen and oxygen atoms in total. The van der Waals surface area contributed by atoms with Crippen molar-refractivity contribution in [3.05, 3.63) is 0 Å².